The summed E-state index contributed by atoms with van der Waals surface area (Å²) in [5.41, 5.74) is 8.26. The number of nitrogens with zero attached hydrogens (tertiary/aromatic N) is 2. The van der Waals surface area contributed by atoms with Gasteiger partial charge in [-0.2, -0.15) is 0 Å². The fraction of sp³-hybridized carbons (Fsp3) is 0.100. The smallest absolute Gasteiger partial charge is 0.0976 e. The van der Waals surface area contributed by atoms with Crippen LogP contribution in [0.3, 0.4) is 0 Å². The molecule has 2 heteroatoms. The molecular weight excluding hydrogens is 268 g/mol. The highest BCUT2D eigenvalue weighted by atomic mass is 14.9. The molecule has 0 saturated heterocycles. The van der Waals surface area contributed by atoms with Crippen LogP contribution in [0.15, 0.2) is 49.6 Å². The highest BCUT2D eigenvalue weighted by molar-refractivity contribution is 6.01. The van der Waals surface area contributed by atoms with Crippen molar-refractivity contribution in [2.45, 2.75) is 13.8 Å². The molecule has 0 spiro atoms. The molecule has 1 aliphatic carbocycles. The van der Waals surface area contributed by atoms with Gasteiger partial charge in [-0.3, -0.25) is 0 Å². The first-order valence-corrected chi connectivity index (χ1v) is 7.31. The van der Waals surface area contributed by atoms with Gasteiger partial charge in [0.05, 0.1) is 22.8 Å². The number of fused-ring (bicyclic) bond motifs is 3. The van der Waals surface area contributed by atoms with Crippen LogP contribution in [-0.2, 0) is 0 Å². The molecule has 0 saturated carbocycles. The topological polar surface area (TPSA) is 25.8 Å². The summed E-state index contributed by atoms with van der Waals surface area (Å²) < 4.78 is 0. The lowest BCUT2D eigenvalue weighted by atomic mass is 9.99. The molecule has 1 aliphatic rings. The van der Waals surface area contributed by atoms with Gasteiger partial charge in [0.2, 0.25) is 0 Å². The van der Waals surface area contributed by atoms with E-state index in [9.17, 15) is 0 Å². The molecule has 0 atom stereocenters. The van der Waals surface area contributed by atoms with E-state index in [0.29, 0.717) is 0 Å². The van der Waals surface area contributed by atoms with Crippen LogP contribution in [0.25, 0.3) is 29.0 Å². The maximum absolute atomic E-state index is 4.83. The van der Waals surface area contributed by atoms with Crippen molar-refractivity contribution in [3.8, 4) is 11.3 Å². The first kappa shape index (κ1) is 14.2. The third-order valence-corrected chi connectivity index (χ3v) is 3.88. The molecule has 1 aromatic heterocycles. The Bertz CT molecular complexity index is 839. The Labute approximate surface area is 131 Å². The molecule has 1 heterocycles. The van der Waals surface area contributed by atoms with Gasteiger partial charge in [0.1, 0.15) is 0 Å². The third kappa shape index (κ3) is 2.04. The number of hydrogen-bond acceptors (Lipinski definition) is 2. The number of aromatic nitrogens is 2. The highest BCUT2D eigenvalue weighted by Gasteiger charge is 2.28. The van der Waals surface area contributed by atoms with Crippen LogP contribution in [0.4, 0.5) is 0 Å². The molecule has 0 aliphatic heterocycles. The van der Waals surface area contributed by atoms with Crippen LogP contribution >= 0.6 is 0 Å². The summed E-state index contributed by atoms with van der Waals surface area (Å²) in [7, 11) is 0. The predicted molar refractivity (Wildman–Crippen MR) is 94.3 cm³/mol. The van der Waals surface area contributed by atoms with Gasteiger partial charge in [-0.25, -0.2) is 9.97 Å². The molecule has 22 heavy (non-hydrogen) atoms. The maximum Gasteiger partial charge on any atom is 0.0976 e. The Balaban J connectivity index is 2.31. The second-order valence-corrected chi connectivity index (χ2v) is 5.16. The van der Waals surface area contributed by atoms with Crippen LogP contribution in [0.1, 0.15) is 35.1 Å². The normalized spacial score (nSPS) is 14.2. The van der Waals surface area contributed by atoms with Crippen molar-refractivity contribution < 1.29 is 0 Å². The Kier molecular flexibility index (Phi) is 3.60. The Hall–Kier alpha value is -2.74. The van der Waals surface area contributed by atoms with E-state index < -0.39 is 0 Å². The second kappa shape index (κ2) is 5.57. The molecule has 0 radical (unpaired) electrons. The summed E-state index contributed by atoms with van der Waals surface area (Å²) in [6.45, 7) is 11.7. The zero-order valence-electron chi connectivity index (χ0n) is 12.9. The first-order valence-electron chi connectivity index (χ1n) is 7.31. The molecule has 3 rings (SSSR count). The Morgan fingerprint density at radius 3 is 2.59 bits per heavy atom. The van der Waals surface area contributed by atoms with Gasteiger partial charge in [0.15, 0.2) is 0 Å². The molecule has 0 bridgehead atoms. The van der Waals surface area contributed by atoms with E-state index in [1.807, 2.05) is 38.1 Å². The Morgan fingerprint density at radius 2 is 1.91 bits per heavy atom. The fourth-order valence-electron chi connectivity index (χ4n) is 2.86. The molecule has 1 aromatic carbocycles. The van der Waals surface area contributed by atoms with Crippen LogP contribution < -0.4 is 0 Å². The van der Waals surface area contributed by atoms with Crippen LogP contribution in [0.2, 0.25) is 0 Å². The molecule has 0 amide bonds. The van der Waals surface area contributed by atoms with Crippen LogP contribution in [-0.4, -0.2) is 9.97 Å². The van der Waals surface area contributed by atoms with Crippen molar-refractivity contribution in [3.63, 3.8) is 0 Å². The summed E-state index contributed by atoms with van der Waals surface area (Å²) >= 11 is 0. The minimum atomic E-state index is 0.881. The van der Waals surface area contributed by atoms with Gasteiger partial charge in [-0.1, -0.05) is 55.7 Å². The summed E-state index contributed by atoms with van der Waals surface area (Å²) in [6, 6.07) is 6.22. The lowest BCUT2D eigenvalue weighted by molar-refractivity contribution is 1.10. The Morgan fingerprint density at radius 1 is 1.09 bits per heavy atom. The van der Waals surface area contributed by atoms with Gasteiger partial charge < -0.3 is 0 Å². The van der Waals surface area contributed by atoms with E-state index in [4.69, 9.17) is 9.97 Å². The lowest BCUT2D eigenvalue weighted by Gasteiger charge is -2.05. The molecule has 2 nitrogen and oxygen atoms in total. The molecular formula is C20H18N2. The monoisotopic (exact) mass is 286 g/mol. The van der Waals surface area contributed by atoms with E-state index in [-0.39, 0.29) is 0 Å². The van der Waals surface area contributed by atoms with Gasteiger partial charge >= 0.3 is 0 Å². The predicted octanol–water partition coefficient (Wildman–Crippen LogP) is 5.06. The number of rotatable bonds is 3. The highest BCUT2D eigenvalue weighted by Crippen LogP contribution is 2.44. The number of allylic oxidation sites excluding steroid dienone is 3. The standard InChI is InChI=1S/C20H18N2/c1-5-8-12-17-13(4)21-20-16-11-9-10-14(6-2)18(16)15(7-3)19(20)22-17/h5-12H,1-2H2,3-4H3/b12-8-,15-7+. The largest absolute Gasteiger partial charge is 0.249 e. The van der Waals surface area contributed by atoms with Crippen molar-refractivity contribution in [2.75, 3.05) is 0 Å². The average molecular weight is 286 g/mol. The summed E-state index contributed by atoms with van der Waals surface area (Å²) in [6.07, 6.45) is 9.56. The summed E-state index contributed by atoms with van der Waals surface area (Å²) in [5, 5.41) is 0. The first-order chi connectivity index (χ1) is 10.7. The average Bonchev–Trinajstić information content (AvgIpc) is 2.85. The maximum atomic E-state index is 4.83. The summed E-state index contributed by atoms with van der Waals surface area (Å²) in [5.74, 6) is 0. The zero-order valence-corrected chi connectivity index (χ0v) is 12.9. The lowest BCUT2D eigenvalue weighted by Crippen LogP contribution is -1.97. The van der Waals surface area contributed by atoms with Gasteiger partial charge in [-0.05, 0) is 25.5 Å². The van der Waals surface area contributed by atoms with Crippen molar-refractivity contribution in [2.24, 2.45) is 0 Å². The van der Waals surface area contributed by atoms with Crippen molar-refractivity contribution >= 4 is 17.7 Å². The summed E-state index contributed by atoms with van der Waals surface area (Å²) in [4.78, 5) is 9.63. The molecule has 0 fully saturated rings. The van der Waals surface area contributed by atoms with Crippen molar-refractivity contribution in [3.05, 3.63) is 77.8 Å². The van der Waals surface area contributed by atoms with E-state index >= 15 is 0 Å². The van der Waals surface area contributed by atoms with Crippen molar-refractivity contribution in [1.29, 1.82) is 0 Å². The van der Waals surface area contributed by atoms with E-state index in [0.717, 1.165) is 39.5 Å². The van der Waals surface area contributed by atoms with Gasteiger partial charge in [-0.15, -0.1) is 0 Å². The van der Waals surface area contributed by atoms with Crippen molar-refractivity contribution in [1.82, 2.24) is 9.97 Å². The number of hydrogen-bond donors (Lipinski definition) is 0. The molecule has 108 valence electrons. The second-order valence-electron chi connectivity index (χ2n) is 5.16. The third-order valence-electron chi connectivity index (χ3n) is 3.88. The minimum absolute atomic E-state index is 0.881. The van der Waals surface area contributed by atoms with Crippen LogP contribution in [0.5, 0.6) is 0 Å². The fourth-order valence-corrected chi connectivity index (χ4v) is 2.86. The van der Waals surface area contributed by atoms with E-state index in [2.05, 4.69) is 31.4 Å². The van der Waals surface area contributed by atoms with Gasteiger partial charge in [0, 0.05) is 16.7 Å². The number of benzene rings is 1. The quantitative estimate of drug-likeness (QED) is 0.629. The number of aryl methyl sites for hydroxylation is 1. The van der Waals surface area contributed by atoms with Crippen LogP contribution in [0, 0.1) is 6.92 Å². The van der Waals surface area contributed by atoms with E-state index in [1.54, 1.807) is 6.08 Å². The van der Waals surface area contributed by atoms with Gasteiger partial charge in [0.25, 0.3) is 0 Å². The molecule has 0 N–H and O–H groups in total. The zero-order chi connectivity index (χ0) is 15.7. The SMILES string of the molecule is C=C/C=C\c1nc2c(nc1C)-c1cccc(C=C)c1/C2=C\C. The molecule has 2 aromatic rings. The minimum Gasteiger partial charge on any atom is -0.249 e. The molecule has 0 unspecified atom stereocenters. The van der Waals surface area contributed by atoms with E-state index in [1.165, 1.54) is 5.56 Å².